The van der Waals surface area contributed by atoms with Crippen molar-refractivity contribution in [2.24, 2.45) is 9.98 Å². The Balaban J connectivity index is 1.68. The predicted molar refractivity (Wildman–Crippen MR) is 118 cm³/mol. The Morgan fingerprint density at radius 3 is 2.59 bits per heavy atom. The smallest absolute Gasteiger partial charge is 0.198 e. The molecule has 0 saturated carbocycles. The van der Waals surface area contributed by atoms with E-state index in [-0.39, 0.29) is 17.2 Å². The first kappa shape index (κ1) is 18.9. The lowest BCUT2D eigenvalue weighted by Gasteiger charge is -2.19. The lowest BCUT2D eigenvalue weighted by molar-refractivity contribution is -0.137. The summed E-state index contributed by atoms with van der Waals surface area (Å²) in [6.07, 6.45) is 9.57. The minimum atomic E-state index is -1.92. The van der Waals surface area contributed by atoms with Crippen LogP contribution in [0.1, 0.15) is 6.42 Å². The molecule has 3 unspecified atom stereocenters. The number of hydrogen-bond donors (Lipinski definition) is 4. The Kier molecular flexibility index (Phi) is 4.01. The second kappa shape index (κ2) is 6.81. The number of aromatic nitrogens is 1. The van der Waals surface area contributed by atoms with Gasteiger partial charge in [0.15, 0.2) is 23.8 Å². The third-order valence-electron chi connectivity index (χ3n) is 6.00. The monoisotopic (exact) mass is 426 g/mol. The Hall–Kier alpha value is -3.88. The van der Waals surface area contributed by atoms with Crippen LogP contribution in [-0.4, -0.2) is 56.4 Å². The zero-order chi connectivity index (χ0) is 22.0. The molecular formula is C24H18N4O4. The minimum absolute atomic E-state index is 0.106. The first-order chi connectivity index (χ1) is 15.5. The maximum atomic E-state index is 13.2. The highest BCUT2D eigenvalue weighted by molar-refractivity contribution is 6.48. The van der Waals surface area contributed by atoms with Gasteiger partial charge in [-0.1, -0.05) is 6.08 Å². The van der Waals surface area contributed by atoms with Crippen molar-refractivity contribution < 1.29 is 19.8 Å². The van der Waals surface area contributed by atoms with Crippen molar-refractivity contribution >= 4 is 34.6 Å². The molecule has 5 aliphatic heterocycles. The molecule has 6 heterocycles. The van der Waals surface area contributed by atoms with Crippen LogP contribution in [0.2, 0.25) is 0 Å². The van der Waals surface area contributed by atoms with E-state index in [1.165, 1.54) is 0 Å². The summed E-state index contributed by atoms with van der Waals surface area (Å²) >= 11 is 0. The summed E-state index contributed by atoms with van der Waals surface area (Å²) in [5, 5.41) is 25.7. The summed E-state index contributed by atoms with van der Waals surface area (Å²) in [7, 11) is 0. The van der Waals surface area contributed by atoms with Gasteiger partial charge in [0, 0.05) is 11.0 Å². The number of aromatic amines is 1. The van der Waals surface area contributed by atoms with E-state index in [9.17, 15) is 19.8 Å². The Bertz CT molecular complexity index is 1440. The van der Waals surface area contributed by atoms with Crippen LogP contribution in [0, 0.1) is 0 Å². The number of aliphatic hydroxyl groups excluding tert-OH is 2. The lowest BCUT2D eigenvalue weighted by atomic mass is 9.92. The number of aliphatic imine (C=N–C) groups is 2. The van der Waals surface area contributed by atoms with Crippen LogP contribution in [-0.2, 0) is 9.59 Å². The number of H-pyrrole nitrogens is 1. The fraction of sp³-hybridized carbons (Fsp3) is 0.167. The molecule has 6 rings (SSSR count). The molecule has 8 nitrogen and oxygen atoms in total. The van der Waals surface area contributed by atoms with Gasteiger partial charge in [0.1, 0.15) is 0 Å². The number of aliphatic hydroxyl groups is 2. The molecule has 0 spiro atoms. The first-order valence-electron chi connectivity index (χ1n) is 10.3. The summed E-state index contributed by atoms with van der Waals surface area (Å²) in [5.41, 5.74) is 2.98. The van der Waals surface area contributed by atoms with Gasteiger partial charge in [-0.3, -0.25) is 9.59 Å². The number of fused-ring (bicyclic) bond motifs is 6. The summed E-state index contributed by atoms with van der Waals surface area (Å²) in [6, 6.07) is 3.39. The number of hydrogen-bond acceptors (Lipinski definition) is 7. The van der Waals surface area contributed by atoms with Gasteiger partial charge in [0.2, 0.25) is 0 Å². The zero-order valence-electron chi connectivity index (χ0n) is 16.7. The van der Waals surface area contributed by atoms with Crippen LogP contribution in [0.15, 0.2) is 81.2 Å². The molecular weight excluding hydrogens is 408 g/mol. The van der Waals surface area contributed by atoms with Crippen molar-refractivity contribution in [1.82, 2.24) is 10.3 Å². The highest BCUT2D eigenvalue weighted by Gasteiger charge is 2.40. The van der Waals surface area contributed by atoms with E-state index >= 15 is 0 Å². The van der Waals surface area contributed by atoms with E-state index in [0.29, 0.717) is 34.2 Å². The van der Waals surface area contributed by atoms with Gasteiger partial charge < -0.3 is 20.5 Å². The van der Waals surface area contributed by atoms with Crippen molar-refractivity contribution in [3.63, 3.8) is 0 Å². The molecule has 0 saturated heterocycles. The highest BCUT2D eigenvalue weighted by atomic mass is 16.3. The quantitative estimate of drug-likeness (QED) is 0.434. The van der Waals surface area contributed by atoms with Gasteiger partial charge >= 0.3 is 0 Å². The van der Waals surface area contributed by atoms with Gasteiger partial charge in [-0.25, -0.2) is 9.98 Å². The van der Waals surface area contributed by atoms with Crippen LogP contribution in [0.3, 0.4) is 0 Å². The van der Waals surface area contributed by atoms with Crippen molar-refractivity contribution in [3.05, 3.63) is 82.0 Å². The fourth-order valence-corrected chi connectivity index (χ4v) is 4.44. The third-order valence-corrected chi connectivity index (χ3v) is 6.00. The van der Waals surface area contributed by atoms with Crippen molar-refractivity contribution in [1.29, 1.82) is 0 Å². The van der Waals surface area contributed by atoms with Gasteiger partial charge in [-0.15, -0.1) is 0 Å². The summed E-state index contributed by atoms with van der Waals surface area (Å²) < 4.78 is 0. The number of carbonyl (C=O) groups excluding carboxylic acids is 2. The van der Waals surface area contributed by atoms with E-state index in [1.54, 1.807) is 24.3 Å². The van der Waals surface area contributed by atoms with E-state index in [2.05, 4.69) is 20.3 Å². The standard InChI is InChI=1S/C24H18N4O4/c29-21-19-15-5-3-13(26-15)9-11-1-2-12(25-11)10-14-4-6-16(27-14)20(18-8-7-17(19)28-18)22(30)24(32)23(21)31/h1-3,5-10,14,23-24,26-27,31-32H,4H2. The lowest BCUT2D eigenvalue weighted by Crippen LogP contribution is -2.43. The van der Waals surface area contributed by atoms with Crippen LogP contribution in [0.25, 0.3) is 11.6 Å². The van der Waals surface area contributed by atoms with Crippen molar-refractivity contribution in [2.75, 3.05) is 0 Å². The molecule has 0 amide bonds. The molecule has 0 aliphatic carbocycles. The number of nitrogens with one attached hydrogen (secondary N) is 2. The molecule has 1 aromatic heterocycles. The number of Topliss-reactive ketones (excluding diaryl/α,β-unsaturated/α-hetero) is 2. The molecule has 0 fully saturated rings. The van der Waals surface area contributed by atoms with Crippen LogP contribution in [0.4, 0.5) is 0 Å². The van der Waals surface area contributed by atoms with E-state index in [0.717, 1.165) is 11.4 Å². The van der Waals surface area contributed by atoms with E-state index < -0.39 is 23.8 Å². The van der Waals surface area contributed by atoms with Crippen LogP contribution < -0.4 is 16.0 Å². The number of nitrogens with zero attached hydrogens (tertiary/aromatic N) is 2. The molecule has 10 bridgehead atoms. The number of allylic oxidation sites excluding steroid dienone is 5. The van der Waals surface area contributed by atoms with Gasteiger partial charge in [0.05, 0.1) is 45.4 Å². The van der Waals surface area contributed by atoms with Crippen LogP contribution in [0.5, 0.6) is 0 Å². The average Bonchev–Trinajstić information content (AvgIpc) is 3.57. The first-order valence-corrected chi connectivity index (χ1v) is 10.3. The van der Waals surface area contributed by atoms with Crippen molar-refractivity contribution in [3.8, 4) is 0 Å². The largest absolute Gasteiger partial charge is 0.382 e. The molecule has 32 heavy (non-hydrogen) atoms. The topological polar surface area (TPSA) is 127 Å². The fourth-order valence-electron chi connectivity index (χ4n) is 4.44. The third kappa shape index (κ3) is 2.84. The number of rotatable bonds is 0. The number of carbonyl (C=O) groups is 2. The predicted octanol–water partition coefficient (Wildman–Crippen LogP) is -0.761. The Labute approximate surface area is 181 Å². The molecule has 3 atom stereocenters. The Morgan fingerprint density at radius 2 is 1.75 bits per heavy atom. The molecule has 158 valence electrons. The summed E-state index contributed by atoms with van der Waals surface area (Å²) in [6.45, 7) is 0. The molecule has 0 aromatic carbocycles. The number of ketones is 2. The summed E-state index contributed by atoms with van der Waals surface area (Å²) in [5.74, 6) is -1.53. The SMILES string of the molecule is O=C1C2=C3C=CC(=N3)C(=c3ccc([nH]3)=CC3=NC(=CC4CC=C2N4)C=C3)C(=O)C(O)C1O. The Morgan fingerprint density at radius 1 is 0.938 bits per heavy atom. The van der Waals surface area contributed by atoms with Gasteiger partial charge in [-0.2, -0.15) is 0 Å². The second-order valence-corrected chi connectivity index (χ2v) is 8.12. The van der Waals surface area contributed by atoms with Crippen molar-refractivity contribution in [2.45, 2.75) is 24.7 Å². The normalized spacial score (nSPS) is 28.2. The van der Waals surface area contributed by atoms with Gasteiger partial charge in [-0.05, 0) is 55.0 Å². The molecule has 5 aliphatic rings. The molecule has 1 aromatic rings. The van der Waals surface area contributed by atoms with Crippen LogP contribution >= 0.6 is 0 Å². The minimum Gasteiger partial charge on any atom is -0.382 e. The van der Waals surface area contributed by atoms with E-state index in [1.807, 2.05) is 30.4 Å². The summed E-state index contributed by atoms with van der Waals surface area (Å²) in [4.78, 5) is 38.7. The molecule has 0 radical (unpaired) electrons. The maximum Gasteiger partial charge on any atom is 0.198 e. The molecule has 4 N–H and O–H groups in total. The highest BCUT2D eigenvalue weighted by Crippen LogP contribution is 2.30. The zero-order valence-corrected chi connectivity index (χ0v) is 16.7. The molecule has 8 heteroatoms. The average molecular weight is 426 g/mol. The maximum absolute atomic E-state index is 13.2. The van der Waals surface area contributed by atoms with E-state index in [4.69, 9.17) is 0 Å². The van der Waals surface area contributed by atoms with Gasteiger partial charge in [0.25, 0.3) is 0 Å². The second-order valence-electron chi connectivity index (χ2n) is 8.12.